The molecule has 0 radical (unpaired) electrons. The number of nitrogens with zero attached hydrogens (tertiary/aromatic N) is 6. The first-order chi connectivity index (χ1) is 39.9. The standard InChI is InChI=1S/C79H80N6/c1-74(2,3)49-27-33-63-56(39-49)57-40-50(75(4,5)6)28-34-64(57)83(63)71-70(55-26-22-25-48(45-80)62(55)46-81)69(47-23-20-19-21-24-47)72(84-65-35-29-51(76(7,8)9)41-58(65)59-42-52(77(10,11)12)30-36-66(59)84)82-73(71)85-67-37-31-53(78(13,14)15)43-60(67)61-44-54(79(16,17)18)32-38-68(61)85/h19-44H,1-18H3. The predicted octanol–water partition coefficient (Wildman–Crippen LogP) is 21.2. The van der Waals surface area contributed by atoms with Crippen molar-refractivity contribution in [3.05, 3.63) is 202 Å². The zero-order valence-electron chi connectivity index (χ0n) is 53.2. The predicted molar refractivity (Wildman–Crippen MR) is 360 cm³/mol. The summed E-state index contributed by atoms with van der Waals surface area (Å²) in [6.07, 6.45) is 0. The van der Waals surface area contributed by atoms with Crippen LogP contribution in [0.25, 0.3) is 105 Å². The maximum atomic E-state index is 11.7. The van der Waals surface area contributed by atoms with Crippen molar-refractivity contribution >= 4 is 65.4 Å². The third-order valence-electron chi connectivity index (χ3n) is 17.9. The lowest BCUT2D eigenvalue weighted by Gasteiger charge is -2.27. The number of nitriles is 2. The van der Waals surface area contributed by atoms with Crippen molar-refractivity contribution in [1.82, 2.24) is 18.7 Å². The highest BCUT2D eigenvalue weighted by Gasteiger charge is 2.34. The minimum atomic E-state index is -0.145. The molecule has 6 heteroatoms. The summed E-state index contributed by atoms with van der Waals surface area (Å²) in [5, 5.41) is 29.6. The van der Waals surface area contributed by atoms with E-state index in [1.54, 1.807) is 6.07 Å². The summed E-state index contributed by atoms with van der Waals surface area (Å²) in [7, 11) is 0. The van der Waals surface area contributed by atoms with E-state index in [0.717, 1.165) is 87.8 Å². The van der Waals surface area contributed by atoms with Crippen LogP contribution in [0.1, 0.15) is 169 Å². The Morgan fingerprint density at radius 2 is 0.635 bits per heavy atom. The molecule has 0 saturated heterocycles. The second kappa shape index (κ2) is 19.4. The van der Waals surface area contributed by atoms with Crippen molar-refractivity contribution < 1.29 is 0 Å². The molecule has 0 bridgehead atoms. The number of fused-ring (bicyclic) bond motifs is 9. The molecule has 85 heavy (non-hydrogen) atoms. The molecule has 0 unspecified atom stereocenters. The zero-order chi connectivity index (χ0) is 60.8. The van der Waals surface area contributed by atoms with Gasteiger partial charge in [-0.2, -0.15) is 10.5 Å². The molecule has 12 aromatic rings. The Morgan fingerprint density at radius 1 is 0.318 bits per heavy atom. The second-order valence-corrected chi connectivity index (χ2v) is 30.1. The van der Waals surface area contributed by atoms with Crippen LogP contribution in [0.3, 0.4) is 0 Å². The highest BCUT2D eigenvalue weighted by molar-refractivity contribution is 6.15. The van der Waals surface area contributed by atoms with Crippen molar-refractivity contribution in [2.75, 3.05) is 0 Å². The van der Waals surface area contributed by atoms with Gasteiger partial charge in [0, 0.05) is 49.0 Å². The fourth-order valence-corrected chi connectivity index (χ4v) is 12.8. The van der Waals surface area contributed by atoms with Crippen LogP contribution >= 0.6 is 0 Å². The number of pyridine rings is 1. The largest absolute Gasteiger partial charge is 0.305 e. The highest BCUT2D eigenvalue weighted by atomic mass is 15.2. The van der Waals surface area contributed by atoms with E-state index in [-0.39, 0.29) is 32.5 Å². The van der Waals surface area contributed by atoms with Gasteiger partial charge in [0.25, 0.3) is 0 Å². The molecule has 0 spiro atoms. The van der Waals surface area contributed by atoms with E-state index in [4.69, 9.17) is 4.98 Å². The molecule has 0 amide bonds. The van der Waals surface area contributed by atoms with Gasteiger partial charge in [-0.25, -0.2) is 4.98 Å². The Morgan fingerprint density at radius 3 is 0.941 bits per heavy atom. The minimum Gasteiger partial charge on any atom is -0.305 e. The van der Waals surface area contributed by atoms with E-state index < -0.39 is 0 Å². The molecule has 0 fully saturated rings. The first kappa shape index (κ1) is 56.8. The van der Waals surface area contributed by atoms with Gasteiger partial charge in [0.1, 0.15) is 18.0 Å². The van der Waals surface area contributed by atoms with Gasteiger partial charge in [0.15, 0.2) is 5.82 Å². The fourth-order valence-electron chi connectivity index (χ4n) is 12.8. The Kier molecular flexibility index (Phi) is 13.0. The topological polar surface area (TPSA) is 75.3 Å². The maximum absolute atomic E-state index is 11.7. The van der Waals surface area contributed by atoms with Gasteiger partial charge in [0.2, 0.25) is 0 Å². The first-order valence-electron chi connectivity index (χ1n) is 30.2. The average molecular weight is 1110 g/mol. The van der Waals surface area contributed by atoms with Crippen LogP contribution in [0.15, 0.2) is 158 Å². The van der Waals surface area contributed by atoms with Gasteiger partial charge < -0.3 is 4.57 Å². The zero-order valence-corrected chi connectivity index (χ0v) is 53.2. The number of hydrogen-bond donors (Lipinski definition) is 0. The first-order valence-corrected chi connectivity index (χ1v) is 30.2. The van der Waals surface area contributed by atoms with Gasteiger partial charge in [-0.05, 0) is 150 Å². The van der Waals surface area contributed by atoms with Crippen LogP contribution in [0.2, 0.25) is 0 Å². The van der Waals surface area contributed by atoms with Crippen LogP contribution in [0.4, 0.5) is 0 Å². The molecule has 6 nitrogen and oxygen atoms in total. The number of hydrogen-bond acceptors (Lipinski definition) is 3. The summed E-state index contributed by atoms with van der Waals surface area (Å²) in [5.41, 5.74) is 17.3. The van der Waals surface area contributed by atoms with Gasteiger partial charge in [-0.1, -0.05) is 203 Å². The maximum Gasteiger partial charge on any atom is 0.165 e. The van der Waals surface area contributed by atoms with E-state index in [9.17, 15) is 10.5 Å². The van der Waals surface area contributed by atoms with E-state index in [1.165, 1.54) is 33.4 Å². The molecule has 0 aliphatic carbocycles. The molecular formula is C79H80N6. The molecule has 4 aromatic heterocycles. The Bertz CT molecular complexity index is 4610. The third kappa shape index (κ3) is 9.41. The van der Waals surface area contributed by atoms with Gasteiger partial charge >= 0.3 is 0 Å². The Labute approximate surface area is 503 Å². The van der Waals surface area contributed by atoms with Gasteiger partial charge in [-0.15, -0.1) is 0 Å². The SMILES string of the molecule is CC(C)(C)c1ccc2c(c1)c1cc(C(C)(C)C)ccc1n2-c1nc(-n2c3ccc(C(C)(C)C)cc3c3cc(C(C)(C)C)ccc32)c(-n2c3ccc(C(C)(C)C)cc3c3cc(C(C)(C)C)ccc32)c(-c2cccc(C#N)c2C#N)c1-c1ccccc1. The average Bonchev–Trinajstić information content (AvgIpc) is 1.66. The molecule has 426 valence electrons. The van der Waals surface area contributed by atoms with Crippen molar-refractivity contribution in [1.29, 1.82) is 10.5 Å². The van der Waals surface area contributed by atoms with Crippen LogP contribution in [0.5, 0.6) is 0 Å². The molecule has 0 N–H and O–H groups in total. The summed E-state index contributed by atoms with van der Waals surface area (Å²) in [6.45, 7) is 41.1. The summed E-state index contributed by atoms with van der Waals surface area (Å²) in [6, 6.07) is 63.4. The highest BCUT2D eigenvalue weighted by Crippen LogP contribution is 2.51. The number of benzene rings is 8. The Balaban J connectivity index is 1.43. The summed E-state index contributed by atoms with van der Waals surface area (Å²) >= 11 is 0. The third-order valence-corrected chi connectivity index (χ3v) is 17.9. The van der Waals surface area contributed by atoms with Crippen molar-refractivity contribution in [2.45, 2.75) is 157 Å². The van der Waals surface area contributed by atoms with Crippen LogP contribution < -0.4 is 0 Å². The number of aromatic nitrogens is 4. The minimum absolute atomic E-state index is 0.126. The molecular weight excluding hydrogens is 1030 g/mol. The lowest BCUT2D eigenvalue weighted by Crippen LogP contribution is -2.15. The normalized spacial score (nSPS) is 13.0. The molecule has 4 heterocycles. The molecule has 0 aliphatic rings. The lowest BCUT2D eigenvalue weighted by atomic mass is 9.85. The van der Waals surface area contributed by atoms with Crippen molar-refractivity contribution in [3.63, 3.8) is 0 Å². The Hall–Kier alpha value is -8.71. The van der Waals surface area contributed by atoms with Crippen LogP contribution in [0, 0.1) is 22.7 Å². The smallest absolute Gasteiger partial charge is 0.165 e. The van der Waals surface area contributed by atoms with Crippen molar-refractivity contribution in [3.8, 4) is 51.7 Å². The molecule has 0 atom stereocenters. The lowest BCUT2D eigenvalue weighted by molar-refractivity contribution is 0.590. The fraction of sp³-hybridized carbons (Fsp3) is 0.304. The van der Waals surface area contributed by atoms with E-state index in [1.807, 2.05) is 6.07 Å². The van der Waals surface area contributed by atoms with Gasteiger partial charge in [0.05, 0.1) is 49.9 Å². The molecule has 8 aromatic carbocycles. The quantitative estimate of drug-likeness (QED) is 0.172. The summed E-state index contributed by atoms with van der Waals surface area (Å²) < 4.78 is 7.25. The van der Waals surface area contributed by atoms with E-state index in [0.29, 0.717) is 28.3 Å². The van der Waals surface area contributed by atoms with Gasteiger partial charge in [-0.3, -0.25) is 9.13 Å². The van der Waals surface area contributed by atoms with Crippen LogP contribution in [-0.4, -0.2) is 18.7 Å². The molecule has 0 aliphatic heterocycles. The number of rotatable bonds is 5. The molecule has 12 rings (SSSR count). The second-order valence-electron chi connectivity index (χ2n) is 30.1. The van der Waals surface area contributed by atoms with Crippen LogP contribution in [-0.2, 0) is 32.5 Å². The summed E-state index contributed by atoms with van der Waals surface area (Å²) in [5.74, 6) is 1.39. The monoisotopic (exact) mass is 1110 g/mol. The van der Waals surface area contributed by atoms with E-state index in [2.05, 4.69) is 296 Å². The van der Waals surface area contributed by atoms with E-state index >= 15 is 0 Å². The molecule has 0 saturated carbocycles. The van der Waals surface area contributed by atoms with Crippen molar-refractivity contribution in [2.24, 2.45) is 0 Å². The summed E-state index contributed by atoms with van der Waals surface area (Å²) in [4.78, 5) is 6.44.